The first-order valence-corrected chi connectivity index (χ1v) is 6.55. The predicted octanol–water partition coefficient (Wildman–Crippen LogP) is 0.764. The lowest BCUT2D eigenvalue weighted by Crippen LogP contribution is -2.47. The SMILES string of the molecule is Cc1nccc(C(=O)N2CCC3(CC2)OCCO3)n1. The molecule has 0 saturated carbocycles. The number of carbonyl (C=O) groups is 1. The number of piperidine rings is 1. The highest BCUT2D eigenvalue weighted by molar-refractivity contribution is 5.92. The van der Waals surface area contributed by atoms with Crippen molar-refractivity contribution in [2.45, 2.75) is 25.6 Å². The van der Waals surface area contributed by atoms with E-state index in [-0.39, 0.29) is 5.91 Å². The maximum Gasteiger partial charge on any atom is 0.272 e. The lowest BCUT2D eigenvalue weighted by atomic mass is 10.0. The number of rotatable bonds is 1. The van der Waals surface area contributed by atoms with E-state index in [1.807, 2.05) is 0 Å². The quantitative estimate of drug-likeness (QED) is 0.748. The molecule has 0 unspecified atom stereocenters. The fourth-order valence-electron chi connectivity index (χ4n) is 2.57. The average Bonchev–Trinajstić information content (AvgIpc) is 2.87. The fourth-order valence-corrected chi connectivity index (χ4v) is 2.57. The number of hydrogen-bond donors (Lipinski definition) is 0. The van der Waals surface area contributed by atoms with E-state index < -0.39 is 5.79 Å². The standard InChI is InChI=1S/C13H17N3O3/c1-10-14-5-2-11(15-10)12(17)16-6-3-13(4-7-16)18-8-9-19-13/h2,5H,3-4,6-9H2,1H3. The zero-order valence-corrected chi connectivity index (χ0v) is 11.0. The summed E-state index contributed by atoms with van der Waals surface area (Å²) in [4.78, 5) is 22.3. The van der Waals surface area contributed by atoms with E-state index in [0.29, 0.717) is 37.8 Å². The maximum atomic E-state index is 12.3. The molecule has 1 spiro atoms. The van der Waals surface area contributed by atoms with Crippen LogP contribution >= 0.6 is 0 Å². The zero-order valence-electron chi connectivity index (χ0n) is 11.0. The molecule has 1 aromatic rings. The van der Waals surface area contributed by atoms with Crippen molar-refractivity contribution in [2.75, 3.05) is 26.3 Å². The van der Waals surface area contributed by atoms with Gasteiger partial charge < -0.3 is 14.4 Å². The van der Waals surface area contributed by atoms with E-state index in [1.165, 1.54) is 0 Å². The molecule has 2 fully saturated rings. The van der Waals surface area contributed by atoms with Crippen molar-refractivity contribution in [3.05, 3.63) is 23.8 Å². The Labute approximate surface area is 111 Å². The molecule has 0 aliphatic carbocycles. The molecular formula is C13H17N3O3. The minimum Gasteiger partial charge on any atom is -0.347 e. The molecule has 0 N–H and O–H groups in total. The van der Waals surface area contributed by atoms with E-state index in [4.69, 9.17) is 9.47 Å². The highest BCUT2D eigenvalue weighted by atomic mass is 16.7. The molecule has 6 heteroatoms. The third-order valence-electron chi connectivity index (χ3n) is 3.62. The number of carbonyl (C=O) groups excluding carboxylic acids is 1. The minimum absolute atomic E-state index is 0.0432. The van der Waals surface area contributed by atoms with Crippen LogP contribution in [-0.4, -0.2) is 52.9 Å². The van der Waals surface area contributed by atoms with Gasteiger partial charge in [0.15, 0.2) is 5.79 Å². The van der Waals surface area contributed by atoms with Gasteiger partial charge >= 0.3 is 0 Å². The summed E-state index contributed by atoms with van der Waals surface area (Å²) < 4.78 is 11.3. The Balaban J connectivity index is 1.66. The van der Waals surface area contributed by atoms with Crippen molar-refractivity contribution >= 4 is 5.91 Å². The summed E-state index contributed by atoms with van der Waals surface area (Å²) in [6.07, 6.45) is 3.07. The summed E-state index contributed by atoms with van der Waals surface area (Å²) in [7, 11) is 0. The van der Waals surface area contributed by atoms with Crippen LogP contribution in [0.2, 0.25) is 0 Å². The average molecular weight is 263 g/mol. The monoisotopic (exact) mass is 263 g/mol. The molecule has 0 bridgehead atoms. The van der Waals surface area contributed by atoms with E-state index in [0.717, 1.165) is 12.8 Å². The summed E-state index contributed by atoms with van der Waals surface area (Å²) in [5.74, 6) is 0.124. The second-order valence-corrected chi connectivity index (χ2v) is 4.89. The fraction of sp³-hybridized carbons (Fsp3) is 0.615. The van der Waals surface area contributed by atoms with Crippen LogP contribution in [0.25, 0.3) is 0 Å². The lowest BCUT2D eigenvalue weighted by molar-refractivity contribution is -0.181. The topological polar surface area (TPSA) is 64.6 Å². The summed E-state index contributed by atoms with van der Waals surface area (Å²) in [6.45, 7) is 4.37. The molecule has 0 aromatic carbocycles. The summed E-state index contributed by atoms with van der Waals surface area (Å²) in [6, 6.07) is 1.66. The van der Waals surface area contributed by atoms with Gasteiger partial charge in [0.2, 0.25) is 0 Å². The van der Waals surface area contributed by atoms with Gasteiger partial charge in [-0.25, -0.2) is 9.97 Å². The largest absolute Gasteiger partial charge is 0.347 e. The van der Waals surface area contributed by atoms with Crippen molar-refractivity contribution in [2.24, 2.45) is 0 Å². The van der Waals surface area contributed by atoms with Crippen LogP contribution in [0.4, 0.5) is 0 Å². The highest BCUT2D eigenvalue weighted by Crippen LogP contribution is 2.31. The normalized spacial score (nSPS) is 21.8. The molecule has 6 nitrogen and oxygen atoms in total. The van der Waals surface area contributed by atoms with Gasteiger partial charge in [0.1, 0.15) is 11.5 Å². The summed E-state index contributed by atoms with van der Waals surface area (Å²) >= 11 is 0. The zero-order chi connectivity index (χ0) is 13.3. The number of amides is 1. The number of likely N-dealkylation sites (tertiary alicyclic amines) is 1. The Morgan fingerprint density at radius 3 is 2.63 bits per heavy atom. The minimum atomic E-state index is -0.446. The van der Waals surface area contributed by atoms with Gasteiger partial charge in [0.05, 0.1) is 13.2 Å². The third kappa shape index (κ3) is 2.46. The number of aromatic nitrogens is 2. The molecule has 1 amide bonds. The van der Waals surface area contributed by atoms with E-state index in [1.54, 1.807) is 24.1 Å². The van der Waals surface area contributed by atoms with E-state index in [2.05, 4.69) is 9.97 Å². The first-order valence-electron chi connectivity index (χ1n) is 6.55. The number of ether oxygens (including phenoxy) is 2. The van der Waals surface area contributed by atoms with Crippen LogP contribution in [-0.2, 0) is 9.47 Å². The van der Waals surface area contributed by atoms with Crippen LogP contribution in [0, 0.1) is 6.92 Å². The Kier molecular flexibility index (Phi) is 3.20. The number of hydrogen-bond acceptors (Lipinski definition) is 5. The molecular weight excluding hydrogens is 246 g/mol. The van der Waals surface area contributed by atoms with Gasteiger partial charge in [-0.2, -0.15) is 0 Å². The van der Waals surface area contributed by atoms with Crippen molar-refractivity contribution in [1.82, 2.24) is 14.9 Å². The summed E-state index contributed by atoms with van der Waals surface area (Å²) in [5.41, 5.74) is 0.455. The molecule has 102 valence electrons. The first-order chi connectivity index (χ1) is 9.19. The number of aryl methyl sites for hydroxylation is 1. The van der Waals surface area contributed by atoms with Gasteiger partial charge in [0.25, 0.3) is 5.91 Å². The van der Waals surface area contributed by atoms with Crippen LogP contribution in [0.5, 0.6) is 0 Å². The van der Waals surface area contributed by atoms with Crippen molar-refractivity contribution in [3.8, 4) is 0 Å². The van der Waals surface area contributed by atoms with Crippen LogP contribution in [0.1, 0.15) is 29.2 Å². The first kappa shape index (κ1) is 12.5. The highest BCUT2D eigenvalue weighted by Gasteiger charge is 2.40. The lowest BCUT2D eigenvalue weighted by Gasteiger charge is -2.37. The summed E-state index contributed by atoms with van der Waals surface area (Å²) in [5, 5.41) is 0. The molecule has 1 aromatic heterocycles. The van der Waals surface area contributed by atoms with E-state index in [9.17, 15) is 4.79 Å². The third-order valence-corrected chi connectivity index (χ3v) is 3.62. The molecule has 0 radical (unpaired) electrons. The molecule has 19 heavy (non-hydrogen) atoms. The maximum absolute atomic E-state index is 12.3. The van der Waals surface area contributed by atoms with Gasteiger partial charge in [-0.3, -0.25) is 4.79 Å². The predicted molar refractivity (Wildman–Crippen MR) is 66.5 cm³/mol. The second kappa shape index (κ2) is 4.86. The van der Waals surface area contributed by atoms with Crippen LogP contribution < -0.4 is 0 Å². The van der Waals surface area contributed by atoms with Gasteiger partial charge in [-0.15, -0.1) is 0 Å². The van der Waals surface area contributed by atoms with Gasteiger partial charge in [-0.05, 0) is 13.0 Å². The Bertz CT molecular complexity index is 476. The van der Waals surface area contributed by atoms with E-state index >= 15 is 0 Å². The van der Waals surface area contributed by atoms with Gasteiger partial charge in [0, 0.05) is 32.1 Å². The molecule has 3 heterocycles. The Morgan fingerprint density at radius 1 is 1.32 bits per heavy atom. The van der Waals surface area contributed by atoms with Crippen LogP contribution in [0.3, 0.4) is 0 Å². The van der Waals surface area contributed by atoms with Crippen molar-refractivity contribution < 1.29 is 14.3 Å². The molecule has 2 aliphatic rings. The smallest absolute Gasteiger partial charge is 0.272 e. The molecule has 0 atom stereocenters. The molecule has 2 aliphatic heterocycles. The Morgan fingerprint density at radius 2 is 2.00 bits per heavy atom. The van der Waals surface area contributed by atoms with Crippen molar-refractivity contribution in [3.63, 3.8) is 0 Å². The second-order valence-electron chi connectivity index (χ2n) is 4.89. The molecule has 3 rings (SSSR count). The van der Waals surface area contributed by atoms with Crippen LogP contribution in [0.15, 0.2) is 12.3 Å². The van der Waals surface area contributed by atoms with Gasteiger partial charge in [-0.1, -0.05) is 0 Å². The van der Waals surface area contributed by atoms with Crippen molar-refractivity contribution in [1.29, 1.82) is 0 Å². The molecule has 2 saturated heterocycles. The number of nitrogens with zero attached hydrogens (tertiary/aromatic N) is 3. The Hall–Kier alpha value is -1.53.